The van der Waals surface area contributed by atoms with Crippen LogP contribution in [-0.4, -0.2) is 29.4 Å². The summed E-state index contributed by atoms with van der Waals surface area (Å²) >= 11 is 0. The molecule has 0 aromatic heterocycles. The van der Waals surface area contributed by atoms with Crippen LogP contribution in [0.5, 0.6) is 0 Å². The van der Waals surface area contributed by atoms with E-state index in [0.29, 0.717) is 18.9 Å². The minimum absolute atomic E-state index is 0.273. The fraction of sp³-hybridized carbons (Fsp3) is 0.600. The topological polar surface area (TPSA) is 43.7 Å². The molecule has 0 bridgehead atoms. The third-order valence-electron chi connectivity index (χ3n) is 3.94. The van der Waals surface area contributed by atoms with E-state index < -0.39 is 6.10 Å². The van der Waals surface area contributed by atoms with E-state index in [1.54, 1.807) is 0 Å². The van der Waals surface area contributed by atoms with Gasteiger partial charge >= 0.3 is 0 Å². The molecule has 1 aliphatic heterocycles. The molecule has 2 N–H and O–H groups in total. The summed E-state index contributed by atoms with van der Waals surface area (Å²) in [5, 5.41) is 20.1. The van der Waals surface area contributed by atoms with Crippen LogP contribution in [0.3, 0.4) is 0 Å². The second-order valence-corrected chi connectivity index (χ2v) is 5.26. The van der Waals surface area contributed by atoms with Gasteiger partial charge in [0.1, 0.15) is 0 Å². The van der Waals surface area contributed by atoms with Crippen LogP contribution in [0.4, 0.5) is 5.69 Å². The van der Waals surface area contributed by atoms with Crippen molar-refractivity contribution < 1.29 is 10.2 Å². The smallest absolute Gasteiger partial charge is 0.0807 e. The molecule has 3 atom stereocenters. The van der Waals surface area contributed by atoms with Crippen molar-refractivity contribution in [1.82, 2.24) is 0 Å². The number of hydrogen-bond acceptors (Lipinski definition) is 3. The molecule has 2 unspecified atom stereocenters. The molecule has 1 heterocycles. The van der Waals surface area contributed by atoms with E-state index in [1.165, 1.54) is 0 Å². The highest BCUT2D eigenvalue weighted by Gasteiger charge is 2.26. The first-order valence-corrected chi connectivity index (χ1v) is 6.83. The number of benzene rings is 1. The molecule has 0 amide bonds. The summed E-state index contributed by atoms with van der Waals surface area (Å²) in [7, 11) is 0. The Balaban J connectivity index is 2.22. The fourth-order valence-corrected chi connectivity index (χ4v) is 2.54. The maximum absolute atomic E-state index is 10.1. The highest BCUT2D eigenvalue weighted by molar-refractivity contribution is 5.55. The van der Waals surface area contributed by atoms with Crippen molar-refractivity contribution in [3.05, 3.63) is 29.8 Å². The Morgan fingerprint density at radius 3 is 2.78 bits per heavy atom. The Morgan fingerprint density at radius 2 is 2.11 bits per heavy atom. The van der Waals surface area contributed by atoms with E-state index in [9.17, 15) is 10.2 Å². The monoisotopic (exact) mass is 249 g/mol. The van der Waals surface area contributed by atoms with Crippen molar-refractivity contribution in [3.8, 4) is 0 Å². The number of piperidine rings is 1. The Morgan fingerprint density at radius 1 is 1.39 bits per heavy atom. The van der Waals surface area contributed by atoms with Crippen LogP contribution < -0.4 is 4.90 Å². The molecule has 0 saturated carbocycles. The highest BCUT2D eigenvalue weighted by atomic mass is 16.3. The van der Waals surface area contributed by atoms with Crippen molar-refractivity contribution in [2.24, 2.45) is 5.92 Å². The van der Waals surface area contributed by atoms with Gasteiger partial charge in [0, 0.05) is 24.3 Å². The third kappa shape index (κ3) is 2.68. The quantitative estimate of drug-likeness (QED) is 0.864. The zero-order valence-corrected chi connectivity index (χ0v) is 11.2. The lowest BCUT2D eigenvalue weighted by molar-refractivity contribution is 0.102. The predicted molar refractivity (Wildman–Crippen MR) is 73.7 cm³/mol. The minimum Gasteiger partial charge on any atom is -0.391 e. The first kappa shape index (κ1) is 13.4. The van der Waals surface area contributed by atoms with Gasteiger partial charge in [-0.05, 0) is 24.8 Å². The van der Waals surface area contributed by atoms with Gasteiger partial charge in [0.05, 0.1) is 12.2 Å². The van der Waals surface area contributed by atoms with Crippen molar-refractivity contribution in [2.45, 2.75) is 38.9 Å². The van der Waals surface area contributed by atoms with Crippen molar-refractivity contribution in [1.29, 1.82) is 0 Å². The molecular formula is C15H23NO2. The lowest BCUT2D eigenvalue weighted by Crippen LogP contribution is -2.43. The van der Waals surface area contributed by atoms with E-state index in [4.69, 9.17) is 0 Å². The van der Waals surface area contributed by atoms with Crippen LogP contribution in [0, 0.1) is 5.92 Å². The van der Waals surface area contributed by atoms with Gasteiger partial charge in [-0.25, -0.2) is 0 Å². The maximum atomic E-state index is 10.1. The second kappa shape index (κ2) is 5.72. The molecule has 0 radical (unpaired) electrons. The largest absolute Gasteiger partial charge is 0.391 e. The first-order chi connectivity index (χ1) is 8.63. The highest BCUT2D eigenvalue weighted by Crippen LogP contribution is 2.31. The Kier molecular flexibility index (Phi) is 4.25. The number of anilines is 1. The van der Waals surface area contributed by atoms with E-state index in [-0.39, 0.29) is 6.10 Å². The second-order valence-electron chi connectivity index (χ2n) is 5.26. The molecule has 1 aromatic carbocycles. The van der Waals surface area contributed by atoms with Crippen LogP contribution in [0.2, 0.25) is 0 Å². The molecule has 1 fully saturated rings. The normalized spacial score (nSPS) is 26.1. The molecule has 18 heavy (non-hydrogen) atoms. The average molecular weight is 249 g/mol. The summed E-state index contributed by atoms with van der Waals surface area (Å²) in [5.41, 5.74) is 2.04. The van der Waals surface area contributed by atoms with Crippen molar-refractivity contribution in [3.63, 3.8) is 0 Å². The lowest BCUT2D eigenvalue weighted by Gasteiger charge is -2.37. The van der Waals surface area contributed by atoms with Crippen LogP contribution in [-0.2, 0) is 0 Å². The van der Waals surface area contributed by atoms with E-state index in [1.807, 2.05) is 31.2 Å². The zero-order chi connectivity index (χ0) is 13.1. The Labute approximate surface area is 109 Å². The number of rotatable bonds is 3. The van der Waals surface area contributed by atoms with E-state index >= 15 is 0 Å². The Bertz CT molecular complexity index is 394. The summed E-state index contributed by atoms with van der Waals surface area (Å²) < 4.78 is 0. The molecular weight excluding hydrogens is 226 g/mol. The van der Waals surface area contributed by atoms with Crippen molar-refractivity contribution >= 4 is 5.69 Å². The summed E-state index contributed by atoms with van der Waals surface area (Å²) in [6, 6.07) is 7.97. The molecule has 3 heteroatoms. The van der Waals surface area contributed by atoms with Gasteiger partial charge in [-0.3, -0.25) is 0 Å². The number of hydrogen-bond donors (Lipinski definition) is 2. The molecule has 0 aliphatic carbocycles. The van der Waals surface area contributed by atoms with Gasteiger partial charge in [-0.1, -0.05) is 32.0 Å². The maximum Gasteiger partial charge on any atom is 0.0807 e. The summed E-state index contributed by atoms with van der Waals surface area (Å²) in [4.78, 5) is 2.19. The fourth-order valence-electron chi connectivity index (χ4n) is 2.54. The number of nitrogens with zero attached hydrogens (tertiary/aromatic N) is 1. The van der Waals surface area contributed by atoms with Gasteiger partial charge in [0.2, 0.25) is 0 Å². The summed E-state index contributed by atoms with van der Waals surface area (Å²) in [5.74, 6) is 0.365. The van der Waals surface area contributed by atoms with Gasteiger partial charge in [0.15, 0.2) is 0 Å². The van der Waals surface area contributed by atoms with E-state index in [2.05, 4.69) is 11.8 Å². The Hall–Kier alpha value is -1.06. The van der Waals surface area contributed by atoms with Crippen LogP contribution >= 0.6 is 0 Å². The van der Waals surface area contributed by atoms with Crippen molar-refractivity contribution in [2.75, 3.05) is 18.0 Å². The molecule has 0 spiro atoms. The molecule has 1 saturated heterocycles. The molecule has 1 aromatic rings. The summed E-state index contributed by atoms with van der Waals surface area (Å²) in [6.07, 6.45) is 1.02. The predicted octanol–water partition coefficient (Wildman–Crippen LogP) is 2.34. The first-order valence-electron chi connectivity index (χ1n) is 6.83. The van der Waals surface area contributed by atoms with Gasteiger partial charge in [-0.2, -0.15) is 0 Å². The van der Waals surface area contributed by atoms with E-state index in [0.717, 1.165) is 24.2 Å². The zero-order valence-electron chi connectivity index (χ0n) is 11.2. The molecule has 1 aliphatic rings. The lowest BCUT2D eigenvalue weighted by atomic mass is 9.94. The average Bonchev–Trinajstić information content (AvgIpc) is 2.41. The third-order valence-corrected chi connectivity index (χ3v) is 3.94. The van der Waals surface area contributed by atoms with Crippen LogP contribution in [0.1, 0.15) is 38.4 Å². The molecule has 3 nitrogen and oxygen atoms in total. The molecule has 2 rings (SSSR count). The number of para-hydroxylation sites is 1. The molecule has 100 valence electrons. The summed E-state index contributed by atoms with van der Waals surface area (Å²) in [6.45, 7) is 5.68. The number of β-amino-alcohol motifs (C(OH)–C–C–N with tert-alkyl or cyclic N) is 1. The standard InChI is InChI=1S/C15H23NO2/c1-3-14(17)12-6-4-5-7-13(12)16-9-8-11(2)15(18)10-16/h4-7,11,14-15,17-18H,3,8-10H2,1-2H3/t11?,14-,15?/m1/s1. The minimum atomic E-state index is -0.419. The van der Waals surface area contributed by atoms with Crippen LogP contribution in [0.15, 0.2) is 24.3 Å². The van der Waals surface area contributed by atoms with Crippen LogP contribution in [0.25, 0.3) is 0 Å². The number of aliphatic hydroxyl groups is 2. The van der Waals surface area contributed by atoms with Gasteiger partial charge in [-0.15, -0.1) is 0 Å². The SMILES string of the molecule is CC[C@@H](O)c1ccccc1N1CCC(C)C(O)C1. The van der Waals surface area contributed by atoms with Gasteiger partial charge < -0.3 is 15.1 Å². The number of aliphatic hydroxyl groups excluding tert-OH is 2. The van der Waals surface area contributed by atoms with Gasteiger partial charge in [0.25, 0.3) is 0 Å².